The zero-order chi connectivity index (χ0) is 47.8. The van der Waals surface area contributed by atoms with Gasteiger partial charge in [-0.3, -0.25) is 9.35 Å². The summed E-state index contributed by atoms with van der Waals surface area (Å²) in [4.78, 5) is 13.2. The lowest BCUT2D eigenvalue weighted by Gasteiger charge is -2.41. The number of aliphatic hydroxyl groups is 5. The third-order valence-corrected chi connectivity index (χ3v) is 13.0. The van der Waals surface area contributed by atoms with Gasteiger partial charge < -0.3 is 40.3 Å². The SMILES string of the molecule is CCCCCCCCCCCC/C=C\CCCCCCCCC(O)C(=O)NC(COC1OC(CO)C(O)C(OS(=O)(=O)O)C1O)C(O)/C=C/CCCCCCCCCCCCCCCC. The highest BCUT2D eigenvalue weighted by Gasteiger charge is 2.48. The van der Waals surface area contributed by atoms with Gasteiger partial charge in [-0.05, 0) is 44.9 Å². The van der Waals surface area contributed by atoms with Crippen molar-refractivity contribution in [3.05, 3.63) is 24.3 Å². The molecule has 384 valence electrons. The van der Waals surface area contributed by atoms with Crippen LogP contribution in [0.25, 0.3) is 0 Å². The van der Waals surface area contributed by atoms with Crippen molar-refractivity contribution < 1.29 is 57.0 Å². The van der Waals surface area contributed by atoms with Crippen LogP contribution in [0.4, 0.5) is 0 Å². The summed E-state index contributed by atoms with van der Waals surface area (Å²) in [5.74, 6) is -0.705. The third-order valence-electron chi connectivity index (χ3n) is 12.6. The van der Waals surface area contributed by atoms with E-state index < -0.39 is 78.5 Å². The monoisotopic (exact) mass is 948 g/mol. The number of unbranched alkanes of at least 4 members (excludes halogenated alkanes) is 30. The first-order valence-corrected chi connectivity index (χ1v) is 27.7. The molecule has 0 aromatic rings. The van der Waals surface area contributed by atoms with Gasteiger partial charge in [0.2, 0.25) is 5.91 Å². The van der Waals surface area contributed by atoms with Crippen LogP contribution >= 0.6 is 0 Å². The Hall–Kier alpha value is -1.46. The van der Waals surface area contributed by atoms with E-state index in [0.29, 0.717) is 12.8 Å². The Morgan fingerprint density at radius 2 is 1.02 bits per heavy atom. The number of amides is 1. The van der Waals surface area contributed by atoms with Crippen LogP contribution in [0, 0.1) is 0 Å². The predicted molar refractivity (Wildman–Crippen MR) is 261 cm³/mol. The maximum absolute atomic E-state index is 13.2. The molecule has 1 rings (SSSR count). The Labute approximate surface area is 395 Å². The Morgan fingerprint density at radius 1 is 0.615 bits per heavy atom. The summed E-state index contributed by atoms with van der Waals surface area (Å²) in [7, 11) is -5.12. The van der Waals surface area contributed by atoms with Gasteiger partial charge in [-0.1, -0.05) is 212 Å². The second-order valence-electron chi connectivity index (χ2n) is 18.6. The van der Waals surface area contributed by atoms with E-state index in [-0.39, 0.29) is 6.42 Å². The first-order valence-electron chi connectivity index (χ1n) is 26.3. The van der Waals surface area contributed by atoms with Gasteiger partial charge in [0.05, 0.1) is 25.4 Å². The molecule has 65 heavy (non-hydrogen) atoms. The molecule has 1 aliphatic rings. The average Bonchev–Trinajstić information content (AvgIpc) is 3.28. The first-order chi connectivity index (χ1) is 31.4. The number of ether oxygens (including phenoxy) is 2. The molecule has 1 saturated heterocycles. The predicted octanol–water partition coefficient (Wildman–Crippen LogP) is 10.3. The fourth-order valence-electron chi connectivity index (χ4n) is 8.40. The lowest BCUT2D eigenvalue weighted by molar-refractivity contribution is -0.298. The molecule has 14 heteroatoms. The fraction of sp³-hybridized carbons (Fsp3) is 0.902. The average molecular weight is 948 g/mol. The molecule has 1 fully saturated rings. The number of nitrogens with one attached hydrogen (secondary N) is 1. The fourth-order valence-corrected chi connectivity index (χ4v) is 8.91. The van der Waals surface area contributed by atoms with Gasteiger partial charge in [0.15, 0.2) is 6.29 Å². The van der Waals surface area contributed by atoms with Gasteiger partial charge in [0, 0.05) is 0 Å². The molecular weight excluding hydrogens is 851 g/mol. The van der Waals surface area contributed by atoms with Gasteiger partial charge in [-0.15, -0.1) is 0 Å². The van der Waals surface area contributed by atoms with Crippen LogP contribution in [-0.2, 0) is 28.9 Å². The van der Waals surface area contributed by atoms with Crippen LogP contribution in [0.2, 0.25) is 0 Å². The summed E-state index contributed by atoms with van der Waals surface area (Å²) in [5.41, 5.74) is 0. The minimum Gasteiger partial charge on any atom is -0.394 e. The van der Waals surface area contributed by atoms with Crippen molar-refractivity contribution in [2.45, 2.75) is 281 Å². The molecule has 8 unspecified atom stereocenters. The molecule has 7 N–H and O–H groups in total. The number of carbonyl (C=O) groups is 1. The number of carbonyl (C=O) groups excluding carboxylic acids is 1. The summed E-state index contributed by atoms with van der Waals surface area (Å²) in [6, 6.07) is -1.12. The highest BCUT2D eigenvalue weighted by atomic mass is 32.3. The summed E-state index contributed by atoms with van der Waals surface area (Å²) < 4.78 is 47.6. The molecule has 13 nitrogen and oxygen atoms in total. The number of rotatable bonds is 45. The molecule has 1 amide bonds. The van der Waals surface area contributed by atoms with E-state index in [1.54, 1.807) is 6.08 Å². The molecule has 0 bridgehead atoms. The Balaban J connectivity index is 2.50. The lowest BCUT2D eigenvalue weighted by Crippen LogP contribution is -2.61. The van der Waals surface area contributed by atoms with Crippen molar-refractivity contribution in [3.63, 3.8) is 0 Å². The van der Waals surface area contributed by atoms with Crippen LogP contribution in [-0.4, -0.2) is 107 Å². The van der Waals surface area contributed by atoms with Crippen LogP contribution in [0.1, 0.15) is 232 Å². The van der Waals surface area contributed by atoms with Crippen LogP contribution in [0.15, 0.2) is 24.3 Å². The minimum absolute atomic E-state index is 0.237. The van der Waals surface area contributed by atoms with Crippen LogP contribution in [0.5, 0.6) is 0 Å². The number of aliphatic hydroxyl groups excluding tert-OH is 5. The Bertz CT molecular complexity index is 1270. The molecule has 0 saturated carbocycles. The largest absolute Gasteiger partial charge is 0.397 e. The van der Waals surface area contributed by atoms with Gasteiger partial charge in [-0.25, -0.2) is 4.18 Å². The minimum atomic E-state index is -5.12. The molecule has 0 aromatic carbocycles. The molecule has 0 aliphatic carbocycles. The van der Waals surface area contributed by atoms with E-state index in [0.717, 1.165) is 57.8 Å². The topological polar surface area (TPSA) is 212 Å². The van der Waals surface area contributed by atoms with Crippen molar-refractivity contribution in [2.75, 3.05) is 13.2 Å². The second-order valence-corrected chi connectivity index (χ2v) is 19.7. The van der Waals surface area contributed by atoms with E-state index in [9.17, 15) is 43.3 Å². The van der Waals surface area contributed by atoms with E-state index in [1.807, 2.05) is 6.08 Å². The quantitative estimate of drug-likeness (QED) is 0.0173. The summed E-state index contributed by atoms with van der Waals surface area (Å²) in [5, 5.41) is 55.4. The molecular formula is C51H97NO12S. The van der Waals surface area contributed by atoms with E-state index in [2.05, 4.69) is 35.5 Å². The standard InChI is InChI=1S/C51H97NO12S/c1-3-5-7-9-11-13-15-17-19-21-22-23-24-26-28-30-32-34-36-38-40-45(55)50(58)52-43(42-62-51-48(57)49(64-65(59,60)61)47(56)46(41-53)63-51)44(54)39-37-35-33-31-29-27-25-20-18-16-14-12-10-8-6-4-2/h23-24,37,39,43-49,51,53-57H,3-22,25-36,38,40-42H2,1-2H3,(H,52,58)(H,59,60,61)/b24-23-,39-37+. The number of allylic oxidation sites excluding steroid dienone is 3. The van der Waals surface area contributed by atoms with Gasteiger partial charge in [0.1, 0.15) is 30.5 Å². The maximum Gasteiger partial charge on any atom is 0.397 e. The smallest absolute Gasteiger partial charge is 0.394 e. The first kappa shape index (κ1) is 61.6. The van der Waals surface area contributed by atoms with E-state index >= 15 is 0 Å². The zero-order valence-electron chi connectivity index (χ0n) is 40.9. The summed E-state index contributed by atoms with van der Waals surface area (Å²) in [6.07, 6.45) is 36.8. The summed E-state index contributed by atoms with van der Waals surface area (Å²) in [6.45, 7) is 3.24. The van der Waals surface area contributed by atoms with Crippen molar-refractivity contribution in [2.24, 2.45) is 0 Å². The van der Waals surface area contributed by atoms with Crippen LogP contribution < -0.4 is 5.32 Å². The van der Waals surface area contributed by atoms with Crippen molar-refractivity contribution in [1.29, 1.82) is 0 Å². The molecule has 1 heterocycles. The highest BCUT2D eigenvalue weighted by molar-refractivity contribution is 7.80. The van der Waals surface area contributed by atoms with Crippen molar-refractivity contribution in [3.8, 4) is 0 Å². The zero-order valence-corrected chi connectivity index (χ0v) is 41.7. The number of hydrogen-bond acceptors (Lipinski definition) is 11. The van der Waals surface area contributed by atoms with Crippen LogP contribution in [0.3, 0.4) is 0 Å². The van der Waals surface area contributed by atoms with E-state index in [4.69, 9.17) is 9.47 Å². The van der Waals surface area contributed by atoms with Gasteiger partial charge in [-0.2, -0.15) is 8.42 Å². The Kier molecular flexibility index (Phi) is 39.3. The second kappa shape index (κ2) is 41.5. The highest BCUT2D eigenvalue weighted by Crippen LogP contribution is 2.26. The van der Waals surface area contributed by atoms with Crippen molar-refractivity contribution in [1.82, 2.24) is 5.32 Å². The number of hydrogen-bond donors (Lipinski definition) is 7. The van der Waals surface area contributed by atoms with Gasteiger partial charge >= 0.3 is 10.4 Å². The third kappa shape index (κ3) is 33.6. The van der Waals surface area contributed by atoms with Crippen molar-refractivity contribution >= 4 is 16.3 Å². The lowest BCUT2D eigenvalue weighted by atomic mass is 9.99. The molecule has 0 spiro atoms. The van der Waals surface area contributed by atoms with Gasteiger partial charge in [0.25, 0.3) is 0 Å². The molecule has 0 radical (unpaired) electrons. The Morgan fingerprint density at radius 3 is 1.43 bits per heavy atom. The molecule has 1 aliphatic heterocycles. The normalized spacial score (nSPS) is 20.8. The van der Waals surface area contributed by atoms with E-state index in [1.165, 1.54) is 141 Å². The molecule has 8 atom stereocenters. The summed E-state index contributed by atoms with van der Waals surface area (Å²) >= 11 is 0. The molecule has 0 aromatic heterocycles. The maximum atomic E-state index is 13.2.